The van der Waals surface area contributed by atoms with Crippen LogP contribution in [-0.4, -0.2) is 60.1 Å². The summed E-state index contributed by atoms with van der Waals surface area (Å²) in [6.45, 7) is 7.25. The fraction of sp³-hybridized carbons (Fsp3) is 0.364. The molecule has 0 unspecified atom stereocenters. The van der Waals surface area contributed by atoms with Crippen LogP contribution in [0.2, 0.25) is 0 Å². The molecule has 32 heavy (non-hydrogen) atoms. The molecule has 0 aliphatic carbocycles. The molecule has 2 aromatic heterocycles. The van der Waals surface area contributed by atoms with Gasteiger partial charge in [-0.05, 0) is 45.0 Å². The third-order valence-electron chi connectivity index (χ3n) is 5.34. The largest absolute Gasteiger partial charge is 0.379 e. The van der Waals surface area contributed by atoms with Crippen LogP contribution < -0.4 is 0 Å². The van der Waals surface area contributed by atoms with Crippen LogP contribution in [0, 0.1) is 20.8 Å². The van der Waals surface area contributed by atoms with Crippen molar-refractivity contribution in [2.75, 3.05) is 32.1 Å². The molecule has 3 heterocycles. The van der Waals surface area contributed by atoms with Crippen molar-refractivity contribution >= 4 is 38.9 Å². The lowest BCUT2D eigenvalue weighted by molar-refractivity contribution is 0.0730. The van der Waals surface area contributed by atoms with Crippen molar-refractivity contribution in [3.05, 3.63) is 58.4 Å². The fourth-order valence-electron chi connectivity index (χ4n) is 3.77. The summed E-state index contributed by atoms with van der Waals surface area (Å²) < 4.78 is 35.7. The van der Waals surface area contributed by atoms with Gasteiger partial charge in [-0.2, -0.15) is 4.31 Å². The Hall–Kier alpha value is -1.98. The van der Waals surface area contributed by atoms with Gasteiger partial charge in [-0.25, -0.2) is 13.4 Å². The molecule has 1 aliphatic heterocycles. The molecule has 1 aromatic carbocycles. The number of ketones is 1. The van der Waals surface area contributed by atoms with Gasteiger partial charge in [0, 0.05) is 46.8 Å². The first-order valence-electron chi connectivity index (χ1n) is 10.2. The Morgan fingerprint density at radius 1 is 1.19 bits per heavy atom. The zero-order valence-corrected chi connectivity index (χ0v) is 20.6. The summed E-state index contributed by atoms with van der Waals surface area (Å²) in [5.74, 6) is 0.335. The molecule has 0 bridgehead atoms. The maximum Gasteiger partial charge on any atom is 0.243 e. The third-order valence-corrected chi connectivity index (χ3v) is 9.37. The van der Waals surface area contributed by atoms with Gasteiger partial charge in [-0.1, -0.05) is 17.8 Å². The highest BCUT2D eigenvalue weighted by Gasteiger charge is 2.27. The number of thioether (sulfide) groups is 1. The number of morpholine rings is 1. The number of ether oxygens (including phenoxy) is 1. The van der Waals surface area contributed by atoms with Crippen LogP contribution in [-0.2, 0) is 14.8 Å². The van der Waals surface area contributed by atoms with E-state index in [1.165, 1.54) is 27.4 Å². The highest BCUT2D eigenvalue weighted by Crippen LogP contribution is 2.27. The fourth-order valence-corrected chi connectivity index (χ4v) is 6.95. The number of aryl methyl sites for hydroxylation is 2. The summed E-state index contributed by atoms with van der Waals surface area (Å²) in [6.07, 6.45) is 0. The first kappa shape index (κ1) is 23.2. The molecular weight excluding hydrogens is 466 g/mol. The van der Waals surface area contributed by atoms with Gasteiger partial charge in [0.2, 0.25) is 10.0 Å². The van der Waals surface area contributed by atoms with E-state index in [4.69, 9.17) is 4.74 Å². The highest BCUT2D eigenvalue weighted by atomic mass is 32.2. The second-order valence-electron chi connectivity index (χ2n) is 7.60. The second kappa shape index (κ2) is 9.48. The highest BCUT2D eigenvalue weighted by molar-refractivity contribution is 8.01. The van der Waals surface area contributed by atoms with Crippen LogP contribution in [0.1, 0.15) is 27.4 Å². The molecule has 0 N–H and O–H groups in total. The van der Waals surface area contributed by atoms with Gasteiger partial charge < -0.3 is 9.30 Å². The summed E-state index contributed by atoms with van der Waals surface area (Å²) in [5, 5.41) is 1.97. The Morgan fingerprint density at radius 2 is 1.94 bits per heavy atom. The number of rotatable bonds is 7. The molecule has 0 atom stereocenters. The summed E-state index contributed by atoms with van der Waals surface area (Å²) in [6, 6.07) is 8.76. The van der Waals surface area contributed by atoms with Crippen molar-refractivity contribution in [1.82, 2.24) is 13.9 Å². The molecule has 0 spiro atoms. The molecule has 0 amide bonds. The molecule has 7 nitrogen and oxygen atoms in total. The van der Waals surface area contributed by atoms with E-state index in [1.54, 1.807) is 18.2 Å². The number of hydrogen-bond acceptors (Lipinski definition) is 7. The minimum Gasteiger partial charge on any atom is -0.379 e. The van der Waals surface area contributed by atoms with Crippen LogP contribution in [0.25, 0.3) is 5.69 Å². The SMILES string of the molecule is Cc1csc(SCC(=O)c2cc(C)n(-c3cccc(S(=O)(=O)N4CCOCC4)c3)c2C)n1. The summed E-state index contributed by atoms with van der Waals surface area (Å²) >= 11 is 2.98. The number of carbonyl (C=O) groups is 1. The number of thiazole rings is 1. The zero-order chi connectivity index (χ0) is 22.9. The van der Waals surface area contributed by atoms with E-state index in [2.05, 4.69) is 4.98 Å². The van der Waals surface area contributed by atoms with Gasteiger partial charge in [-0.15, -0.1) is 11.3 Å². The Balaban J connectivity index is 1.60. The van der Waals surface area contributed by atoms with E-state index < -0.39 is 10.0 Å². The molecule has 170 valence electrons. The molecule has 4 rings (SSSR count). The second-order valence-corrected chi connectivity index (χ2v) is 11.6. The lowest BCUT2D eigenvalue weighted by Gasteiger charge is -2.26. The maximum absolute atomic E-state index is 13.1. The predicted molar refractivity (Wildman–Crippen MR) is 127 cm³/mol. The average molecular weight is 492 g/mol. The van der Waals surface area contributed by atoms with E-state index in [-0.39, 0.29) is 10.7 Å². The summed E-state index contributed by atoms with van der Waals surface area (Å²) in [5.41, 5.74) is 3.99. The normalized spacial score (nSPS) is 15.2. The number of carbonyl (C=O) groups excluding carboxylic acids is 1. The first-order chi connectivity index (χ1) is 15.3. The van der Waals surface area contributed by atoms with Crippen molar-refractivity contribution in [3.63, 3.8) is 0 Å². The number of aromatic nitrogens is 2. The van der Waals surface area contributed by atoms with Gasteiger partial charge in [0.25, 0.3) is 0 Å². The molecule has 0 saturated carbocycles. The van der Waals surface area contributed by atoms with Crippen molar-refractivity contribution < 1.29 is 17.9 Å². The maximum atomic E-state index is 13.1. The van der Waals surface area contributed by atoms with Crippen LogP contribution in [0.4, 0.5) is 0 Å². The van der Waals surface area contributed by atoms with Crippen molar-refractivity contribution in [2.24, 2.45) is 0 Å². The lowest BCUT2D eigenvalue weighted by atomic mass is 10.2. The molecule has 1 fully saturated rings. The molecule has 1 aliphatic rings. The standard InChI is InChI=1S/C22H25N3O4S3/c1-15-13-30-22(23-15)31-14-21(26)20-11-16(2)25(17(20)3)18-5-4-6-19(12-18)32(27,28)24-7-9-29-10-8-24/h4-6,11-13H,7-10,14H2,1-3H3. The topological polar surface area (TPSA) is 81.5 Å². The van der Waals surface area contributed by atoms with Crippen molar-refractivity contribution in [1.29, 1.82) is 0 Å². The van der Waals surface area contributed by atoms with Crippen LogP contribution in [0.3, 0.4) is 0 Å². The van der Waals surface area contributed by atoms with E-state index in [0.29, 0.717) is 37.6 Å². The Kier molecular flexibility index (Phi) is 6.87. The van der Waals surface area contributed by atoms with Gasteiger partial charge in [0.1, 0.15) is 0 Å². The average Bonchev–Trinajstić information content (AvgIpc) is 3.34. The molecule has 1 saturated heterocycles. The van der Waals surface area contributed by atoms with Gasteiger partial charge in [0.15, 0.2) is 10.1 Å². The van der Waals surface area contributed by atoms with E-state index >= 15 is 0 Å². The van der Waals surface area contributed by atoms with Gasteiger partial charge in [-0.3, -0.25) is 4.79 Å². The third kappa shape index (κ3) is 4.69. The van der Waals surface area contributed by atoms with E-state index in [9.17, 15) is 13.2 Å². The molecule has 3 aromatic rings. The summed E-state index contributed by atoms with van der Waals surface area (Å²) in [7, 11) is -3.60. The quantitative estimate of drug-likeness (QED) is 0.369. The Bertz CT molecular complexity index is 1240. The molecule has 0 radical (unpaired) electrons. The monoisotopic (exact) mass is 491 g/mol. The van der Waals surface area contributed by atoms with Gasteiger partial charge in [0.05, 0.1) is 23.9 Å². The first-order valence-corrected chi connectivity index (χ1v) is 13.5. The van der Waals surface area contributed by atoms with E-state index in [0.717, 1.165) is 27.1 Å². The van der Waals surface area contributed by atoms with Crippen LogP contribution in [0.5, 0.6) is 0 Å². The number of Topliss-reactive ketones (excluding diaryl/α,β-unsaturated/α-hetero) is 1. The number of benzene rings is 1. The molecule has 10 heteroatoms. The van der Waals surface area contributed by atoms with Gasteiger partial charge >= 0.3 is 0 Å². The van der Waals surface area contributed by atoms with E-state index in [1.807, 2.05) is 42.9 Å². The number of sulfonamides is 1. The minimum absolute atomic E-state index is 0.0271. The lowest BCUT2D eigenvalue weighted by Crippen LogP contribution is -2.40. The molecular formula is C22H25N3O4S3. The summed E-state index contributed by atoms with van der Waals surface area (Å²) in [4.78, 5) is 17.5. The van der Waals surface area contributed by atoms with Crippen molar-refractivity contribution in [2.45, 2.75) is 30.0 Å². The van der Waals surface area contributed by atoms with Crippen LogP contribution in [0.15, 0.2) is 44.9 Å². The minimum atomic E-state index is -3.60. The zero-order valence-electron chi connectivity index (χ0n) is 18.2. The number of hydrogen-bond donors (Lipinski definition) is 0. The number of nitrogens with zero attached hydrogens (tertiary/aromatic N) is 3. The van der Waals surface area contributed by atoms with Crippen molar-refractivity contribution in [3.8, 4) is 5.69 Å². The smallest absolute Gasteiger partial charge is 0.243 e. The Morgan fingerprint density at radius 3 is 2.62 bits per heavy atom. The predicted octanol–water partition coefficient (Wildman–Crippen LogP) is 3.85. The van der Waals surface area contributed by atoms with Crippen LogP contribution >= 0.6 is 23.1 Å². The Labute approximate surface area is 196 Å².